The average molecular weight is 397 g/mol. The second-order valence-electron chi connectivity index (χ2n) is 6.09. The first kappa shape index (κ1) is 16.5. The summed E-state index contributed by atoms with van der Waals surface area (Å²) in [6, 6.07) is 4.25. The Labute approximate surface area is 133 Å². The lowest BCUT2D eigenvalue weighted by Gasteiger charge is -2.29. The van der Waals surface area contributed by atoms with E-state index in [1.54, 1.807) is 0 Å². The summed E-state index contributed by atoms with van der Waals surface area (Å²) in [5.74, 6) is 0.576. The molecule has 2 unspecified atom stereocenters. The lowest BCUT2D eigenvalue weighted by atomic mass is 9.79. The Hall–Kier alpha value is 0.470. The molecule has 0 spiro atoms. The normalized spacial score (nSPS) is 15.6. The van der Waals surface area contributed by atoms with Crippen molar-refractivity contribution in [1.29, 1.82) is 0 Å². The fourth-order valence-electron chi connectivity index (χ4n) is 1.69. The van der Waals surface area contributed by atoms with Gasteiger partial charge in [-0.3, -0.25) is 0 Å². The highest BCUT2D eigenvalue weighted by Gasteiger charge is 2.24. The van der Waals surface area contributed by atoms with E-state index in [2.05, 4.69) is 78.6 Å². The van der Waals surface area contributed by atoms with E-state index in [-0.39, 0.29) is 5.38 Å². The molecule has 0 saturated carbocycles. The Morgan fingerprint density at radius 1 is 1.17 bits per heavy atom. The van der Waals surface area contributed by atoms with Crippen molar-refractivity contribution in [2.45, 2.75) is 46.4 Å². The van der Waals surface area contributed by atoms with Crippen molar-refractivity contribution >= 4 is 43.5 Å². The highest BCUT2D eigenvalue weighted by Crippen LogP contribution is 2.40. The quantitative estimate of drug-likeness (QED) is 0.489. The second-order valence-corrected chi connectivity index (χ2v) is 8.33. The van der Waals surface area contributed by atoms with E-state index < -0.39 is 0 Å². The van der Waals surface area contributed by atoms with E-state index in [1.165, 1.54) is 11.1 Å². The fraction of sp³-hybridized carbons (Fsp3) is 0.600. The summed E-state index contributed by atoms with van der Waals surface area (Å²) in [5, 5.41) is 0.0468. The molecule has 0 saturated heterocycles. The summed E-state index contributed by atoms with van der Waals surface area (Å²) < 4.78 is 2.22. The van der Waals surface area contributed by atoms with Gasteiger partial charge in [0.2, 0.25) is 0 Å². The number of aryl methyl sites for hydroxylation is 1. The van der Waals surface area contributed by atoms with E-state index in [4.69, 9.17) is 11.6 Å². The Morgan fingerprint density at radius 2 is 1.72 bits per heavy atom. The highest BCUT2D eigenvalue weighted by atomic mass is 79.9. The van der Waals surface area contributed by atoms with Crippen LogP contribution in [0.1, 0.15) is 50.6 Å². The van der Waals surface area contributed by atoms with Crippen LogP contribution in [-0.4, -0.2) is 0 Å². The summed E-state index contributed by atoms with van der Waals surface area (Å²) in [7, 11) is 0. The van der Waals surface area contributed by atoms with E-state index >= 15 is 0 Å². The zero-order valence-electron chi connectivity index (χ0n) is 11.7. The van der Waals surface area contributed by atoms with E-state index in [0.29, 0.717) is 11.3 Å². The lowest BCUT2D eigenvalue weighted by molar-refractivity contribution is 0.245. The number of halogens is 3. The SMILES string of the molecule is Cc1cc(Br)c(C(Cl)CC(C)C(C)(C)C)cc1Br. The van der Waals surface area contributed by atoms with Crippen LogP contribution in [-0.2, 0) is 0 Å². The molecule has 0 fully saturated rings. The van der Waals surface area contributed by atoms with Gasteiger partial charge in [0.1, 0.15) is 0 Å². The van der Waals surface area contributed by atoms with Crippen LogP contribution in [0.5, 0.6) is 0 Å². The van der Waals surface area contributed by atoms with Crippen LogP contribution in [0.2, 0.25) is 0 Å². The van der Waals surface area contributed by atoms with Crippen LogP contribution >= 0.6 is 43.5 Å². The van der Waals surface area contributed by atoms with Gasteiger partial charge < -0.3 is 0 Å². The van der Waals surface area contributed by atoms with Crippen LogP contribution < -0.4 is 0 Å². The van der Waals surface area contributed by atoms with Gasteiger partial charge >= 0.3 is 0 Å². The summed E-state index contributed by atoms with van der Waals surface area (Å²) in [6.07, 6.45) is 0.985. The first-order valence-corrected chi connectivity index (χ1v) is 8.24. The number of hydrogen-bond donors (Lipinski definition) is 0. The lowest BCUT2D eigenvalue weighted by Crippen LogP contribution is -2.18. The minimum absolute atomic E-state index is 0.0468. The third kappa shape index (κ3) is 4.25. The second kappa shape index (κ2) is 6.28. The van der Waals surface area contributed by atoms with Crippen molar-refractivity contribution < 1.29 is 0 Å². The number of benzene rings is 1. The Bertz CT molecular complexity index is 421. The molecule has 0 aliphatic carbocycles. The molecule has 0 N–H and O–H groups in total. The molecule has 0 aliphatic rings. The maximum Gasteiger partial charge on any atom is 0.0599 e. The molecule has 0 radical (unpaired) electrons. The predicted molar refractivity (Wildman–Crippen MR) is 88.4 cm³/mol. The third-order valence-electron chi connectivity index (χ3n) is 3.65. The Balaban J connectivity index is 2.91. The molecule has 0 bridgehead atoms. The van der Waals surface area contributed by atoms with Gasteiger partial charge in [-0.2, -0.15) is 0 Å². The monoisotopic (exact) mass is 394 g/mol. The van der Waals surface area contributed by atoms with E-state index in [1.807, 2.05) is 0 Å². The molecule has 102 valence electrons. The fourth-order valence-corrected chi connectivity index (χ4v) is 3.37. The first-order valence-electron chi connectivity index (χ1n) is 6.22. The molecule has 0 aliphatic heterocycles. The molecule has 0 aromatic heterocycles. The Morgan fingerprint density at radius 3 is 2.22 bits per heavy atom. The van der Waals surface area contributed by atoms with Gasteiger partial charge in [0.15, 0.2) is 0 Å². The molecule has 3 heteroatoms. The standard InChI is InChI=1S/C15H21Br2Cl/c1-9-6-13(17)11(8-12(9)16)14(18)7-10(2)15(3,4)5/h6,8,10,14H,7H2,1-5H3. The van der Waals surface area contributed by atoms with Crippen molar-refractivity contribution in [3.8, 4) is 0 Å². The molecule has 0 nitrogen and oxygen atoms in total. The molecule has 18 heavy (non-hydrogen) atoms. The molecule has 1 aromatic rings. The zero-order chi connectivity index (χ0) is 14.1. The minimum Gasteiger partial charge on any atom is -0.118 e. The molecule has 0 amide bonds. The van der Waals surface area contributed by atoms with Crippen LogP contribution in [0.25, 0.3) is 0 Å². The smallest absolute Gasteiger partial charge is 0.0599 e. The topological polar surface area (TPSA) is 0 Å². The molecule has 1 aromatic carbocycles. The highest BCUT2D eigenvalue weighted by molar-refractivity contribution is 9.11. The summed E-state index contributed by atoms with van der Waals surface area (Å²) in [5.41, 5.74) is 2.69. The van der Waals surface area contributed by atoms with Crippen molar-refractivity contribution in [3.63, 3.8) is 0 Å². The summed E-state index contributed by atoms with van der Waals surface area (Å²) in [4.78, 5) is 0. The van der Waals surface area contributed by atoms with Crippen LogP contribution in [0.15, 0.2) is 21.1 Å². The van der Waals surface area contributed by atoms with Gasteiger partial charge in [-0.25, -0.2) is 0 Å². The van der Waals surface area contributed by atoms with Gasteiger partial charge in [0.25, 0.3) is 0 Å². The van der Waals surface area contributed by atoms with E-state index in [9.17, 15) is 0 Å². The van der Waals surface area contributed by atoms with Crippen LogP contribution in [0.4, 0.5) is 0 Å². The molecular weight excluding hydrogens is 375 g/mol. The molecule has 0 heterocycles. The van der Waals surface area contributed by atoms with Crippen molar-refractivity contribution in [3.05, 3.63) is 32.2 Å². The minimum atomic E-state index is 0.0468. The molecular formula is C15H21Br2Cl. The van der Waals surface area contributed by atoms with Crippen molar-refractivity contribution in [2.24, 2.45) is 11.3 Å². The number of hydrogen-bond acceptors (Lipinski definition) is 0. The summed E-state index contributed by atoms with van der Waals surface area (Å²) >= 11 is 13.8. The van der Waals surface area contributed by atoms with Gasteiger partial charge in [0, 0.05) is 8.95 Å². The van der Waals surface area contributed by atoms with Crippen LogP contribution in [0, 0.1) is 18.3 Å². The molecule has 2 atom stereocenters. The van der Waals surface area contributed by atoms with Gasteiger partial charge in [-0.15, -0.1) is 11.6 Å². The van der Waals surface area contributed by atoms with Gasteiger partial charge in [-0.1, -0.05) is 59.6 Å². The van der Waals surface area contributed by atoms with Crippen molar-refractivity contribution in [1.82, 2.24) is 0 Å². The van der Waals surface area contributed by atoms with Gasteiger partial charge in [0.05, 0.1) is 5.38 Å². The maximum atomic E-state index is 6.59. The van der Waals surface area contributed by atoms with Crippen LogP contribution in [0.3, 0.4) is 0 Å². The largest absolute Gasteiger partial charge is 0.118 e. The zero-order valence-corrected chi connectivity index (χ0v) is 15.6. The average Bonchev–Trinajstić information content (AvgIpc) is 2.21. The first-order chi connectivity index (χ1) is 8.12. The Kier molecular flexibility index (Phi) is 5.77. The number of rotatable bonds is 3. The van der Waals surface area contributed by atoms with E-state index in [0.717, 1.165) is 15.4 Å². The predicted octanol–water partition coefficient (Wildman–Crippen LogP) is 6.87. The maximum absolute atomic E-state index is 6.59. The molecule has 1 rings (SSSR count). The van der Waals surface area contributed by atoms with Gasteiger partial charge in [-0.05, 0) is 47.9 Å². The number of alkyl halides is 1. The van der Waals surface area contributed by atoms with Crippen molar-refractivity contribution in [2.75, 3.05) is 0 Å². The third-order valence-corrected chi connectivity index (χ3v) is 5.61. The summed E-state index contributed by atoms with van der Waals surface area (Å²) in [6.45, 7) is 11.1.